The second-order valence-electron chi connectivity index (χ2n) is 2.62. The maximum absolute atomic E-state index is 9.20. The van der Waals surface area contributed by atoms with Crippen LogP contribution in [0, 0.1) is 0 Å². The fraction of sp³-hybridized carbons (Fsp3) is 0.333. The Kier molecular flexibility index (Phi) is 3.54. The molecule has 0 bridgehead atoms. The van der Waals surface area contributed by atoms with Crippen LogP contribution in [0.4, 0.5) is 0 Å². The number of rotatable bonds is 4. The number of nitrogens with two attached hydrogens (primary N) is 1. The van der Waals surface area contributed by atoms with Gasteiger partial charge in [0.05, 0.1) is 13.7 Å². The number of benzene rings is 1. The van der Waals surface area contributed by atoms with E-state index in [-0.39, 0.29) is 5.75 Å². The maximum Gasteiger partial charge on any atom is 0.122 e. The molecule has 0 fully saturated rings. The van der Waals surface area contributed by atoms with E-state index in [0.29, 0.717) is 13.0 Å². The third kappa shape index (κ3) is 2.61. The zero-order valence-corrected chi connectivity index (χ0v) is 7.49. The van der Waals surface area contributed by atoms with Gasteiger partial charge in [-0.3, -0.25) is 0 Å². The molecule has 1 rings (SSSR count). The number of methoxy groups -OCH3 is 1. The molecule has 1 aromatic rings. The first-order valence-electron chi connectivity index (χ1n) is 3.95. The van der Waals surface area contributed by atoms with Crippen molar-refractivity contribution >= 4 is 0 Å². The molecule has 0 aliphatic carbocycles. The van der Waals surface area contributed by atoms with Crippen LogP contribution in [-0.4, -0.2) is 18.8 Å². The Morgan fingerprint density at radius 3 is 2.85 bits per heavy atom. The van der Waals surface area contributed by atoms with Crippen molar-refractivity contribution in [3.05, 3.63) is 23.8 Å². The lowest BCUT2D eigenvalue weighted by Crippen LogP contribution is -2.04. The van der Waals surface area contributed by atoms with E-state index in [0.717, 1.165) is 11.3 Å². The standard InChI is InChI=1S/C9H13NO3/c1-12-9-3-2-8(11)6-7(9)4-5-13-10/h2-3,6,11H,4-5,10H2,1H3. The van der Waals surface area contributed by atoms with E-state index < -0.39 is 0 Å². The fourth-order valence-electron chi connectivity index (χ4n) is 1.13. The summed E-state index contributed by atoms with van der Waals surface area (Å²) in [6.45, 7) is 0.403. The number of hydrogen-bond donors (Lipinski definition) is 2. The number of phenolic OH excluding ortho intramolecular Hbond substituents is 1. The van der Waals surface area contributed by atoms with Gasteiger partial charge in [-0.15, -0.1) is 0 Å². The Morgan fingerprint density at radius 2 is 2.23 bits per heavy atom. The first-order valence-corrected chi connectivity index (χ1v) is 3.95. The maximum atomic E-state index is 9.20. The minimum absolute atomic E-state index is 0.216. The van der Waals surface area contributed by atoms with Crippen LogP contribution in [0.2, 0.25) is 0 Å². The summed E-state index contributed by atoms with van der Waals surface area (Å²) in [4.78, 5) is 4.45. The molecular formula is C9H13NO3. The smallest absolute Gasteiger partial charge is 0.122 e. The Bertz CT molecular complexity index is 276. The van der Waals surface area contributed by atoms with Crippen LogP contribution in [0.5, 0.6) is 11.5 Å². The predicted molar refractivity (Wildman–Crippen MR) is 48.5 cm³/mol. The van der Waals surface area contributed by atoms with Gasteiger partial charge in [0, 0.05) is 12.0 Å². The molecule has 0 aliphatic rings. The minimum Gasteiger partial charge on any atom is -0.508 e. The van der Waals surface area contributed by atoms with Crippen molar-refractivity contribution in [2.75, 3.05) is 13.7 Å². The molecule has 0 aliphatic heterocycles. The lowest BCUT2D eigenvalue weighted by molar-refractivity contribution is 0.140. The van der Waals surface area contributed by atoms with Crippen LogP contribution in [0.25, 0.3) is 0 Å². The van der Waals surface area contributed by atoms with Gasteiger partial charge in [-0.2, -0.15) is 0 Å². The van der Waals surface area contributed by atoms with Crippen molar-refractivity contribution in [1.29, 1.82) is 0 Å². The first-order chi connectivity index (χ1) is 6.27. The highest BCUT2D eigenvalue weighted by molar-refractivity contribution is 5.39. The Balaban J connectivity index is 2.81. The molecule has 0 unspecified atom stereocenters. The molecule has 0 radical (unpaired) electrons. The predicted octanol–water partition coefficient (Wildman–Crippen LogP) is 0.834. The molecule has 4 nitrogen and oxygen atoms in total. The van der Waals surface area contributed by atoms with Gasteiger partial charge in [-0.05, 0) is 18.2 Å². The average molecular weight is 183 g/mol. The summed E-state index contributed by atoms with van der Waals surface area (Å²) in [5.74, 6) is 5.85. The zero-order chi connectivity index (χ0) is 9.68. The van der Waals surface area contributed by atoms with Crippen molar-refractivity contribution < 1.29 is 14.7 Å². The summed E-state index contributed by atoms with van der Waals surface area (Å²) in [6, 6.07) is 4.92. The Morgan fingerprint density at radius 1 is 1.46 bits per heavy atom. The van der Waals surface area contributed by atoms with E-state index in [2.05, 4.69) is 4.84 Å². The number of hydrogen-bond acceptors (Lipinski definition) is 4. The second-order valence-corrected chi connectivity index (χ2v) is 2.62. The van der Waals surface area contributed by atoms with E-state index >= 15 is 0 Å². The Hall–Kier alpha value is -1.26. The normalized spacial score (nSPS) is 10.0. The Labute approximate surface area is 76.8 Å². The van der Waals surface area contributed by atoms with E-state index in [4.69, 9.17) is 10.6 Å². The van der Waals surface area contributed by atoms with Crippen molar-refractivity contribution in [3.63, 3.8) is 0 Å². The molecule has 13 heavy (non-hydrogen) atoms. The summed E-state index contributed by atoms with van der Waals surface area (Å²) in [6.07, 6.45) is 0.619. The van der Waals surface area contributed by atoms with Gasteiger partial charge in [-0.25, -0.2) is 5.90 Å². The number of phenols is 1. The monoisotopic (exact) mass is 183 g/mol. The molecule has 0 spiro atoms. The van der Waals surface area contributed by atoms with Gasteiger partial charge in [-0.1, -0.05) is 0 Å². The summed E-state index contributed by atoms with van der Waals surface area (Å²) < 4.78 is 5.09. The third-order valence-corrected chi connectivity index (χ3v) is 1.75. The lowest BCUT2D eigenvalue weighted by Gasteiger charge is -2.07. The molecule has 0 atom stereocenters. The van der Waals surface area contributed by atoms with Gasteiger partial charge >= 0.3 is 0 Å². The highest BCUT2D eigenvalue weighted by Gasteiger charge is 2.03. The average Bonchev–Trinajstić information content (AvgIpc) is 2.15. The van der Waals surface area contributed by atoms with Gasteiger partial charge < -0.3 is 14.7 Å². The molecule has 0 saturated carbocycles. The molecule has 0 aromatic heterocycles. The molecule has 1 aromatic carbocycles. The van der Waals surface area contributed by atoms with Crippen LogP contribution in [0.3, 0.4) is 0 Å². The molecule has 0 heterocycles. The van der Waals surface area contributed by atoms with E-state index in [1.165, 1.54) is 0 Å². The van der Waals surface area contributed by atoms with Crippen LogP contribution in [0.15, 0.2) is 18.2 Å². The molecule has 72 valence electrons. The van der Waals surface area contributed by atoms with Crippen molar-refractivity contribution in [2.45, 2.75) is 6.42 Å². The quantitative estimate of drug-likeness (QED) is 0.679. The van der Waals surface area contributed by atoms with Crippen molar-refractivity contribution in [3.8, 4) is 11.5 Å². The highest BCUT2D eigenvalue weighted by Crippen LogP contribution is 2.23. The largest absolute Gasteiger partial charge is 0.508 e. The topological polar surface area (TPSA) is 64.7 Å². The first kappa shape index (κ1) is 9.83. The molecule has 0 saturated heterocycles. The summed E-state index contributed by atoms with van der Waals surface area (Å²) in [5.41, 5.74) is 0.882. The van der Waals surface area contributed by atoms with Crippen LogP contribution in [0.1, 0.15) is 5.56 Å². The highest BCUT2D eigenvalue weighted by atomic mass is 16.6. The molecule has 3 N–H and O–H groups in total. The summed E-state index contributed by atoms with van der Waals surface area (Å²) in [5, 5.41) is 9.20. The zero-order valence-electron chi connectivity index (χ0n) is 7.49. The molecule has 4 heteroatoms. The number of ether oxygens (including phenoxy) is 1. The fourth-order valence-corrected chi connectivity index (χ4v) is 1.13. The van der Waals surface area contributed by atoms with Gasteiger partial charge in [0.1, 0.15) is 11.5 Å². The van der Waals surface area contributed by atoms with E-state index in [1.54, 1.807) is 25.3 Å². The van der Waals surface area contributed by atoms with Gasteiger partial charge in [0.15, 0.2) is 0 Å². The third-order valence-electron chi connectivity index (χ3n) is 1.75. The van der Waals surface area contributed by atoms with Crippen LogP contribution >= 0.6 is 0 Å². The lowest BCUT2D eigenvalue weighted by atomic mass is 10.1. The van der Waals surface area contributed by atoms with Crippen LogP contribution in [-0.2, 0) is 11.3 Å². The second kappa shape index (κ2) is 4.69. The van der Waals surface area contributed by atoms with Gasteiger partial charge in [0.2, 0.25) is 0 Å². The van der Waals surface area contributed by atoms with Crippen molar-refractivity contribution in [1.82, 2.24) is 0 Å². The van der Waals surface area contributed by atoms with E-state index in [9.17, 15) is 5.11 Å². The summed E-state index contributed by atoms with van der Waals surface area (Å²) in [7, 11) is 1.58. The molecule has 0 amide bonds. The summed E-state index contributed by atoms with van der Waals surface area (Å²) >= 11 is 0. The number of aromatic hydroxyl groups is 1. The van der Waals surface area contributed by atoms with Crippen molar-refractivity contribution in [2.24, 2.45) is 5.90 Å². The molecular weight excluding hydrogens is 170 g/mol. The van der Waals surface area contributed by atoms with E-state index in [1.807, 2.05) is 0 Å². The van der Waals surface area contributed by atoms with Crippen LogP contribution < -0.4 is 10.6 Å². The van der Waals surface area contributed by atoms with Gasteiger partial charge in [0.25, 0.3) is 0 Å². The SMILES string of the molecule is COc1ccc(O)cc1CCON. The minimum atomic E-state index is 0.216.